The first-order valence-electron chi connectivity index (χ1n) is 4.39. The molecule has 0 aliphatic rings. The molecular formula is C9H14N2O3S. The van der Waals surface area contributed by atoms with E-state index in [0.717, 1.165) is 0 Å². The van der Waals surface area contributed by atoms with E-state index >= 15 is 0 Å². The van der Waals surface area contributed by atoms with Crippen LogP contribution in [0.15, 0.2) is 24.3 Å². The summed E-state index contributed by atoms with van der Waals surface area (Å²) in [5.41, 5.74) is 6.40. The van der Waals surface area contributed by atoms with Gasteiger partial charge in [-0.2, -0.15) is 0 Å². The van der Waals surface area contributed by atoms with Crippen LogP contribution in [-0.2, 0) is 14.8 Å². The largest absolute Gasteiger partial charge is 0.397 e. The average Bonchev–Trinajstić information content (AvgIpc) is 2.18. The zero-order valence-electron chi connectivity index (χ0n) is 8.43. The maximum Gasteiger partial charge on any atom is 0.235 e. The molecule has 0 bridgehead atoms. The lowest BCUT2D eigenvalue weighted by atomic mass is 10.3. The van der Waals surface area contributed by atoms with E-state index < -0.39 is 10.0 Å². The van der Waals surface area contributed by atoms with Gasteiger partial charge < -0.3 is 10.5 Å². The lowest BCUT2D eigenvalue weighted by Gasteiger charge is -2.09. The highest BCUT2D eigenvalue weighted by atomic mass is 32.2. The SMILES string of the molecule is COCCS(=O)(=O)Nc1ccccc1N. The minimum absolute atomic E-state index is 0.0855. The highest BCUT2D eigenvalue weighted by Gasteiger charge is 2.10. The number of nitrogen functional groups attached to an aromatic ring is 1. The second-order valence-electron chi connectivity index (χ2n) is 3.00. The molecule has 6 heteroatoms. The molecule has 84 valence electrons. The Bertz CT molecular complexity index is 417. The van der Waals surface area contributed by atoms with Gasteiger partial charge in [0, 0.05) is 7.11 Å². The monoisotopic (exact) mass is 230 g/mol. The first kappa shape index (κ1) is 11.8. The molecule has 0 fully saturated rings. The number of nitrogens with one attached hydrogen (secondary N) is 1. The van der Waals surface area contributed by atoms with Crippen LogP contribution in [0.3, 0.4) is 0 Å². The summed E-state index contributed by atoms with van der Waals surface area (Å²) in [6.07, 6.45) is 0. The molecule has 0 spiro atoms. The molecule has 5 nitrogen and oxygen atoms in total. The van der Waals surface area contributed by atoms with Crippen LogP contribution < -0.4 is 10.5 Å². The summed E-state index contributed by atoms with van der Waals surface area (Å²) in [7, 11) is -1.92. The molecule has 0 heterocycles. The van der Waals surface area contributed by atoms with Crippen LogP contribution in [0, 0.1) is 0 Å². The van der Waals surface area contributed by atoms with E-state index in [4.69, 9.17) is 10.5 Å². The van der Waals surface area contributed by atoms with Crippen LogP contribution in [0.5, 0.6) is 0 Å². The van der Waals surface area contributed by atoms with Crippen molar-refractivity contribution >= 4 is 21.4 Å². The van der Waals surface area contributed by atoms with Gasteiger partial charge in [-0.05, 0) is 12.1 Å². The van der Waals surface area contributed by atoms with Crippen molar-refractivity contribution in [1.82, 2.24) is 0 Å². The quantitative estimate of drug-likeness (QED) is 0.728. The molecule has 0 aromatic heterocycles. The van der Waals surface area contributed by atoms with Crippen LogP contribution in [0.4, 0.5) is 11.4 Å². The smallest absolute Gasteiger partial charge is 0.235 e. The maximum atomic E-state index is 11.5. The topological polar surface area (TPSA) is 81.4 Å². The van der Waals surface area contributed by atoms with Gasteiger partial charge in [-0.3, -0.25) is 4.72 Å². The number of ether oxygens (including phenoxy) is 1. The Morgan fingerprint density at radius 1 is 1.40 bits per heavy atom. The van der Waals surface area contributed by atoms with Crippen molar-refractivity contribution in [2.75, 3.05) is 29.9 Å². The van der Waals surface area contributed by atoms with Gasteiger partial charge >= 0.3 is 0 Å². The highest BCUT2D eigenvalue weighted by molar-refractivity contribution is 7.92. The van der Waals surface area contributed by atoms with E-state index in [0.29, 0.717) is 11.4 Å². The summed E-state index contributed by atoms with van der Waals surface area (Å²) >= 11 is 0. The molecule has 0 aliphatic carbocycles. The van der Waals surface area contributed by atoms with Gasteiger partial charge in [-0.15, -0.1) is 0 Å². The molecule has 1 aromatic rings. The van der Waals surface area contributed by atoms with Gasteiger partial charge in [-0.25, -0.2) is 8.42 Å². The van der Waals surface area contributed by atoms with Crippen molar-refractivity contribution < 1.29 is 13.2 Å². The highest BCUT2D eigenvalue weighted by Crippen LogP contribution is 2.18. The zero-order chi connectivity index (χ0) is 11.3. The first-order valence-corrected chi connectivity index (χ1v) is 6.04. The summed E-state index contributed by atoms with van der Waals surface area (Å²) in [4.78, 5) is 0. The van der Waals surface area contributed by atoms with Crippen LogP contribution in [0.1, 0.15) is 0 Å². The summed E-state index contributed by atoms with van der Waals surface area (Å²) in [6, 6.07) is 6.70. The number of hydrogen-bond donors (Lipinski definition) is 2. The third-order valence-corrected chi connectivity index (χ3v) is 3.02. The predicted octanol–water partition coefficient (Wildman–Crippen LogP) is 0.657. The molecule has 0 saturated heterocycles. The number of benzene rings is 1. The molecule has 0 amide bonds. The Kier molecular flexibility index (Phi) is 3.93. The molecule has 0 unspecified atom stereocenters. The molecule has 1 rings (SSSR count). The van der Waals surface area contributed by atoms with Crippen molar-refractivity contribution in [2.24, 2.45) is 0 Å². The number of rotatable bonds is 5. The number of methoxy groups -OCH3 is 1. The minimum Gasteiger partial charge on any atom is -0.397 e. The van der Waals surface area contributed by atoms with Crippen molar-refractivity contribution in [1.29, 1.82) is 0 Å². The third-order valence-electron chi connectivity index (χ3n) is 1.78. The van der Waals surface area contributed by atoms with Crippen LogP contribution >= 0.6 is 0 Å². The Hall–Kier alpha value is -1.27. The van der Waals surface area contributed by atoms with Gasteiger partial charge in [0.1, 0.15) is 0 Å². The lowest BCUT2D eigenvalue weighted by molar-refractivity contribution is 0.217. The first-order chi connectivity index (χ1) is 7.05. The third kappa shape index (κ3) is 3.77. The number of hydrogen-bond acceptors (Lipinski definition) is 4. The number of sulfonamides is 1. The molecule has 0 aliphatic heterocycles. The molecule has 1 aromatic carbocycles. The summed E-state index contributed by atoms with van der Waals surface area (Å²) in [6.45, 7) is 0.155. The number of nitrogens with two attached hydrogens (primary N) is 1. The van der Waals surface area contributed by atoms with E-state index in [-0.39, 0.29) is 12.4 Å². The van der Waals surface area contributed by atoms with Crippen LogP contribution in [0.25, 0.3) is 0 Å². The van der Waals surface area contributed by atoms with E-state index in [2.05, 4.69) is 4.72 Å². The normalized spacial score (nSPS) is 11.3. The average molecular weight is 230 g/mol. The van der Waals surface area contributed by atoms with E-state index in [1.165, 1.54) is 7.11 Å². The summed E-state index contributed by atoms with van der Waals surface area (Å²) in [5.74, 6) is -0.0855. The van der Waals surface area contributed by atoms with Gasteiger partial charge in [0.2, 0.25) is 10.0 Å². The number of para-hydroxylation sites is 2. The standard InChI is InChI=1S/C9H14N2O3S/c1-14-6-7-15(12,13)11-9-5-3-2-4-8(9)10/h2-5,11H,6-7,10H2,1H3. The lowest BCUT2D eigenvalue weighted by Crippen LogP contribution is -2.20. The Morgan fingerprint density at radius 3 is 2.67 bits per heavy atom. The van der Waals surface area contributed by atoms with E-state index in [1.54, 1.807) is 24.3 Å². The van der Waals surface area contributed by atoms with Crippen molar-refractivity contribution in [3.63, 3.8) is 0 Å². The van der Waals surface area contributed by atoms with Gasteiger partial charge in [0.15, 0.2) is 0 Å². The number of anilines is 2. The fourth-order valence-corrected chi connectivity index (χ4v) is 2.01. The molecule has 3 N–H and O–H groups in total. The van der Waals surface area contributed by atoms with Crippen molar-refractivity contribution in [2.45, 2.75) is 0 Å². The molecule has 15 heavy (non-hydrogen) atoms. The Balaban J connectivity index is 2.74. The summed E-state index contributed by atoms with van der Waals surface area (Å²) < 4.78 is 30.0. The van der Waals surface area contributed by atoms with Crippen LogP contribution in [-0.4, -0.2) is 27.9 Å². The maximum absolute atomic E-state index is 11.5. The van der Waals surface area contributed by atoms with Gasteiger partial charge in [-0.1, -0.05) is 12.1 Å². The fraction of sp³-hybridized carbons (Fsp3) is 0.333. The van der Waals surface area contributed by atoms with Crippen LogP contribution in [0.2, 0.25) is 0 Å². The van der Waals surface area contributed by atoms with E-state index in [9.17, 15) is 8.42 Å². The van der Waals surface area contributed by atoms with Crippen molar-refractivity contribution in [3.05, 3.63) is 24.3 Å². The molecule has 0 radical (unpaired) electrons. The summed E-state index contributed by atoms with van der Waals surface area (Å²) in [5, 5.41) is 0. The zero-order valence-corrected chi connectivity index (χ0v) is 9.25. The Labute approximate surface area is 89.3 Å². The molecular weight excluding hydrogens is 216 g/mol. The molecule has 0 saturated carbocycles. The Morgan fingerprint density at radius 2 is 2.07 bits per heavy atom. The van der Waals surface area contributed by atoms with Gasteiger partial charge in [0.25, 0.3) is 0 Å². The predicted molar refractivity (Wildman–Crippen MR) is 60.1 cm³/mol. The molecule has 0 atom stereocenters. The second-order valence-corrected chi connectivity index (χ2v) is 4.84. The van der Waals surface area contributed by atoms with Gasteiger partial charge in [0.05, 0.1) is 23.7 Å². The van der Waals surface area contributed by atoms with Crippen molar-refractivity contribution in [3.8, 4) is 0 Å². The van der Waals surface area contributed by atoms with E-state index in [1.807, 2.05) is 0 Å². The minimum atomic E-state index is -3.37. The fourth-order valence-electron chi connectivity index (χ4n) is 1.00. The second kappa shape index (κ2) is 4.99.